The lowest BCUT2D eigenvalue weighted by molar-refractivity contribution is 0.539. The first-order valence-electron chi connectivity index (χ1n) is 6.41. The molecule has 2 aromatic rings. The first-order chi connectivity index (χ1) is 8.16. The number of nitrogens with zero attached hydrogens (tertiary/aromatic N) is 2. The summed E-state index contributed by atoms with van der Waals surface area (Å²) in [6.45, 7) is 4.25. The van der Waals surface area contributed by atoms with Gasteiger partial charge in [-0.3, -0.25) is 0 Å². The Balaban J connectivity index is 2.25. The molecule has 0 amide bonds. The molecule has 90 valence electrons. The van der Waals surface area contributed by atoms with E-state index in [1.807, 2.05) is 0 Å². The van der Waals surface area contributed by atoms with Crippen LogP contribution >= 0.6 is 0 Å². The fourth-order valence-corrected chi connectivity index (χ4v) is 3.10. The summed E-state index contributed by atoms with van der Waals surface area (Å²) in [7, 11) is 0. The van der Waals surface area contributed by atoms with Gasteiger partial charge in [-0.1, -0.05) is 18.9 Å². The van der Waals surface area contributed by atoms with Crippen molar-refractivity contribution in [2.45, 2.75) is 45.6 Å². The highest BCUT2D eigenvalue weighted by molar-refractivity contribution is 5.82. The second-order valence-electron chi connectivity index (χ2n) is 5.23. The second-order valence-corrected chi connectivity index (χ2v) is 5.23. The normalized spacial score (nSPS) is 17.1. The van der Waals surface area contributed by atoms with Gasteiger partial charge in [0, 0.05) is 6.04 Å². The predicted octanol–water partition coefficient (Wildman–Crippen LogP) is 3.35. The zero-order valence-electron chi connectivity index (χ0n) is 10.5. The Morgan fingerprint density at radius 3 is 2.65 bits per heavy atom. The lowest BCUT2D eigenvalue weighted by Gasteiger charge is -2.14. The minimum absolute atomic E-state index is 0.557. The summed E-state index contributed by atoms with van der Waals surface area (Å²) in [4.78, 5) is 4.54. The van der Waals surface area contributed by atoms with Crippen molar-refractivity contribution in [2.75, 3.05) is 5.73 Å². The Morgan fingerprint density at radius 2 is 1.94 bits per heavy atom. The highest BCUT2D eigenvalue weighted by Crippen LogP contribution is 2.35. The molecule has 2 N–H and O–H groups in total. The average molecular weight is 229 g/mol. The second kappa shape index (κ2) is 3.76. The Kier molecular flexibility index (Phi) is 2.35. The van der Waals surface area contributed by atoms with Gasteiger partial charge in [0.2, 0.25) is 5.95 Å². The van der Waals surface area contributed by atoms with Crippen LogP contribution < -0.4 is 5.73 Å². The van der Waals surface area contributed by atoms with E-state index >= 15 is 0 Å². The number of imidazole rings is 1. The van der Waals surface area contributed by atoms with E-state index in [-0.39, 0.29) is 0 Å². The van der Waals surface area contributed by atoms with Crippen molar-refractivity contribution >= 4 is 17.0 Å². The number of nitrogens with two attached hydrogens (primary N) is 1. The Hall–Kier alpha value is -1.51. The lowest BCUT2D eigenvalue weighted by atomic mass is 10.1. The van der Waals surface area contributed by atoms with Gasteiger partial charge in [-0.05, 0) is 43.9 Å². The molecule has 1 aromatic carbocycles. The minimum Gasteiger partial charge on any atom is -0.369 e. The molecule has 1 aliphatic carbocycles. The molecule has 1 aromatic heterocycles. The van der Waals surface area contributed by atoms with Gasteiger partial charge in [0.25, 0.3) is 0 Å². The highest BCUT2D eigenvalue weighted by atomic mass is 15.2. The molecule has 0 spiro atoms. The summed E-state index contributed by atoms with van der Waals surface area (Å²) in [5, 5.41) is 0. The number of aromatic nitrogens is 2. The molecule has 0 atom stereocenters. The van der Waals surface area contributed by atoms with E-state index in [1.54, 1.807) is 0 Å². The zero-order chi connectivity index (χ0) is 12.0. The molecule has 17 heavy (non-hydrogen) atoms. The third-order valence-electron chi connectivity index (χ3n) is 3.85. The van der Waals surface area contributed by atoms with Crippen LogP contribution in [0.25, 0.3) is 11.0 Å². The maximum atomic E-state index is 6.10. The first kappa shape index (κ1) is 10.6. The molecule has 3 nitrogen and oxygen atoms in total. The van der Waals surface area contributed by atoms with E-state index in [0.717, 1.165) is 5.52 Å². The van der Waals surface area contributed by atoms with Crippen molar-refractivity contribution < 1.29 is 0 Å². The summed E-state index contributed by atoms with van der Waals surface area (Å²) >= 11 is 0. The van der Waals surface area contributed by atoms with Crippen molar-refractivity contribution in [2.24, 2.45) is 0 Å². The molecule has 0 aliphatic heterocycles. The zero-order valence-corrected chi connectivity index (χ0v) is 10.5. The van der Waals surface area contributed by atoms with E-state index in [2.05, 4.69) is 35.5 Å². The van der Waals surface area contributed by atoms with Gasteiger partial charge in [-0.15, -0.1) is 0 Å². The number of benzene rings is 1. The van der Waals surface area contributed by atoms with Crippen LogP contribution in [0.15, 0.2) is 12.1 Å². The predicted molar refractivity (Wildman–Crippen MR) is 71.1 cm³/mol. The van der Waals surface area contributed by atoms with Crippen LogP contribution in [-0.2, 0) is 0 Å². The van der Waals surface area contributed by atoms with Gasteiger partial charge < -0.3 is 10.3 Å². The monoisotopic (exact) mass is 229 g/mol. The summed E-state index contributed by atoms with van der Waals surface area (Å²) in [6.07, 6.45) is 5.11. The number of hydrogen-bond donors (Lipinski definition) is 1. The molecule has 1 aliphatic rings. The number of anilines is 1. The number of nitrogen functional groups attached to an aromatic ring is 1. The topological polar surface area (TPSA) is 43.8 Å². The molecular formula is C14H19N3. The van der Waals surface area contributed by atoms with Gasteiger partial charge in [0.05, 0.1) is 11.0 Å². The SMILES string of the molecule is Cc1cc(C)c2nc(N)n(C3CCCC3)c2c1. The molecule has 0 bridgehead atoms. The molecular weight excluding hydrogens is 210 g/mol. The first-order valence-corrected chi connectivity index (χ1v) is 6.41. The molecule has 1 saturated carbocycles. The smallest absolute Gasteiger partial charge is 0.201 e. The quantitative estimate of drug-likeness (QED) is 0.815. The Labute approximate surface area is 102 Å². The molecule has 3 heteroatoms. The van der Waals surface area contributed by atoms with Crippen LogP contribution in [0.2, 0.25) is 0 Å². The van der Waals surface area contributed by atoms with Crippen molar-refractivity contribution in [3.63, 3.8) is 0 Å². The summed E-state index contributed by atoms with van der Waals surface area (Å²) in [6, 6.07) is 4.94. The standard InChI is InChI=1S/C14H19N3/c1-9-7-10(2)13-12(8-9)17(14(15)16-13)11-5-3-4-6-11/h7-8,11H,3-6H2,1-2H3,(H2,15,16). The lowest BCUT2D eigenvalue weighted by Crippen LogP contribution is -2.08. The Bertz CT molecular complexity index is 562. The molecule has 0 unspecified atom stereocenters. The third kappa shape index (κ3) is 1.61. The summed E-state index contributed by atoms with van der Waals surface area (Å²) in [5.74, 6) is 0.681. The van der Waals surface area contributed by atoms with E-state index < -0.39 is 0 Å². The van der Waals surface area contributed by atoms with Crippen LogP contribution in [0.3, 0.4) is 0 Å². The van der Waals surface area contributed by atoms with Crippen LogP contribution in [0, 0.1) is 13.8 Å². The van der Waals surface area contributed by atoms with Crippen LogP contribution in [-0.4, -0.2) is 9.55 Å². The van der Waals surface area contributed by atoms with Gasteiger partial charge in [0.1, 0.15) is 0 Å². The summed E-state index contributed by atoms with van der Waals surface area (Å²) < 4.78 is 2.25. The molecule has 3 rings (SSSR count). The molecule has 0 radical (unpaired) electrons. The van der Waals surface area contributed by atoms with E-state index in [0.29, 0.717) is 12.0 Å². The van der Waals surface area contributed by atoms with Gasteiger partial charge in [-0.2, -0.15) is 0 Å². The van der Waals surface area contributed by atoms with Crippen LogP contribution in [0.5, 0.6) is 0 Å². The van der Waals surface area contributed by atoms with Crippen molar-refractivity contribution in [3.05, 3.63) is 23.3 Å². The van der Waals surface area contributed by atoms with Crippen molar-refractivity contribution in [1.29, 1.82) is 0 Å². The van der Waals surface area contributed by atoms with Crippen LogP contribution in [0.4, 0.5) is 5.95 Å². The van der Waals surface area contributed by atoms with Gasteiger partial charge in [-0.25, -0.2) is 4.98 Å². The van der Waals surface area contributed by atoms with E-state index in [1.165, 1.54) is 42.3 Å². The largest absolute Gasteiger partial charge is 0.369 e. The van der Waals surface area contributed by atoms with E-state index in [4.69, 9.17) is 5.73 Å². The van der Waals surface area contributed by atoms with Crippen molar-refractivity contribution in [3.8, 4) is 0 Å². The fourth-order valence-electron chi connectivity index (χ4n) is 3.10. The Morgan fingerprint density at radius 1 is 1.24 bits per heavy atom. The van der Waals surface area contributed by atoms with E-state index in [9.17, 15) is 0 Å². The van der Waals surface area contributed by atoms with Crippen molar-refractivity contribution in [1.82, 2.24) is 9.55 Å². The number of fused-ring (bicyclic) bond motifs is 1. The number of aryl methyl sites for hydroxylation is 2. The highest BCUT2D eigenvalue weighted by Gasteiger charge is 2.22. The fraction of sp³-hybridized carbons (Fsp3) is 0.500. The maximum Gasteiger partial charge on any atom is 0.201 e. The van der Waals surface area contributed by atoms with Gasteiger partial charge >= 0.3 is 0 Å². The van der Waals surface area contributed by atoms with Gasteiger partial charge in [0.15, 0.2) is 0 Å². The maximum absolute atomic E-state index is 6.10. The van der Waals surface area contributed by atoms with Crippen LogP contribution in [0.1, 0.15) is 42.9 Å². The third-order valence-corrected chi connectivity index (χ3v) is 3.85. The average Bonchev–Trinajstić information content (AvgIpc) is 2.84. The minimum atomic E-state index is 0.557. The summed E-state index contributed by atoms with van der Waals surface area (Å²) in [5.41, 5.74) is 10.9. The molecule has 1 fully saturated rings. The molecule has 0 saturated heterocycles. The molecule has 1 heterocycles. The number of rotatable bonds is 1. The number of hydrogen-bond acceptors (Lipinski definition) is 2.